The van der Waals surface area contributed by atoms with Crippen LogP contribution in [0.3, 0.4) is 0 Å². The Morgan fingerprint density at radius 1 is 1.09 bits per heavy atom. The van der Waals surface area contributed by atoms with Crippen LogP contribution in [-0.4, -0.2) is 123 Å². The first kappa shape index (κ1) is 42.9. The quantitative estimate of drug-likeness (QED) is 0.0621. The number of nitrogens with one attached hydrogen (secondary N) is 2. The Kier molecular flexibility index (Phi) is 14.8. The first-order valence-electron chi connectivity index (χ1n) is 18.5. The summed E-state index contributed by atoms with van der Waals surface area (Å²) >= 11 is 1.61. The summed E-state index contributed by atoms with van der Waals surface area (Å²) in [5.41, 5.74) is 2.67. The Morgan fingerprint density at radius 2 is 1.77 bits per heavy atom. The van der Waals surface area contributed by atoms with E-state index in [2.05, 4.69) is 20.9 Å². The lowest BCUT2D eigenvalue weighted by Gasteiger charge is -2.46. The van der Waals surface area contributed by atoms with Crippen molar-refractivity contribution in [2.45, 2.75) is 108 Å². The first-order valence-corrected chi connectivity index (χ1v) is 19.6. The molecule has 17 nitrogen and oxygen atoms in total. The van der Waals surface area contributed by atoms with Crippen molar-refractivity contribution in [2.75, 3.05) is 19.7 Å². The van der Waals surface area contributed by atoms with Crippen molar-refractivity contribution in [3.63, 3.8) is 0 Å². The van der Waals surface area contributed by atoms with Gasteiger partial charge in [-0.1, -0.05) is 54.8 Å². The van der Waals surface area contributed by atoms with Gasteiger partial charge in [-0.2, -0.15) is 0 Å². The van der Waals surface area contributed by atoms with Crippen molar-refractivity contribution in [3.05, 3.63) is 76.6 Å². The van der Waals surface area contributed by atoms with Crippen molar-refractivity contribution in [3.8, 4) is 5.75 Å². The minimum atomic E-state index is -2.58. The van der Waals surface area contributed by atoms with Crippen LogP contribution in [0.4, 0.5) is 4.79 Å². The minimum Gasteiger partial charge on any atom is -0.507 e. The second-order valence-electron chi connectivity index (χ2n) is 14.4. The number of benzene rings is 2. The number of nitrogens with zero attached hydrogens (tertiary/aromatic N) is 4. The molecule has 2 unspecified atom stereocenters. The number of aryl methyl sites for hydroxylation is 2. The number of aromatic nitrogens is 3. The fourth-order valence-electron chi connectivity index (χ4n) is 7.15. The van der Waals surface area contributed by atoms with Gasteiger partial charge in [-0.15, -0.1) is 5.10 Å². The number of halogens is 1. The first-order chi connectivity index (χ1) is 26.7. The van der Waals surface area contributed by atoms with E-state index in [1.807, 2.05) is 30.3 Å². The van der Waals surface area contributed by atoms with E-state index < -0.39 is 67.0 Å². The minimum absolute atomic E-state index is 0.0283. The second kappa shape index (κ2) is 19.3. The molecule has 2 heterocycles. The Labute approximate surface area is 337 Å². The molecule has 1 aliphatic heterocycles. The van der Waals surface area contributed by atoms with Crippen LogP contribution in [0, 0.1) is 13.8 Å². The number of rotatable bonds is 16. The summed E-state index contributed by atoms with van der Waals surface area (Å²) in [6.07, 6.45) is -1.02. The molecule has 3 amide bonds. The van der Waals surface area contributed by atoms with Gasteiger partial charge >= 0.3 is 5.97 Å². The van der Waals surface area contributed by atoms with Crippen LogP contribution >= 0.6 is 22.6 Å². The molecule has 2 fully saturated rings. The van der Waals surface area contributed by atoms with Crippen molar-refractivity contribution < 1.29 is 54.2 Å². The zero-order valence-electron chi connectivity index (χ0n) is 31.2. The van der Waals surface area contributed by atoms with Crippen LogP contribution in [0.25, 0.3) is 0 Å². The smallest absolute Gasteiger partial charge is 0.364 e. The highest BCUT2D eigenvalue weighted by Crippen LogP contribution is 2.34. The maximum absolute atomic E-state index is 13.4. The van der Waals surface area contributed by atoms with E-state index in [9.17, 15) is 44.7 Å². The van der Waals surface area contributed by atoms with E-state index in [1.165, 1.54) is 21.7 Å². The largest absolute Gasteiger partial charge is 0.507 e. The van der Waals surface area contributed by atoms with Gasteiger partial charge < -0.3 is 50.5 Å². The van der Waals surface area contributed by atoms with E-state index in [0.717, 1.165) is 43.4 Å². The standard InChI is InChI=1S/C38H49IN6O11/c1-22-15-26(16-23(2)32(22)49)35(51)40-18-29(47)33(50)34-31(41-30(48)21-45-20-27(42-43-45)25-11-7-4-8-12-25)28(46)17-38(56-34,36(52)53)55-14-13-44(37(39)54)19-24-9-5-3-6-10-24/h3,5-6,9-10,15-16,20,25,28-29,31,33-34,46-47,49-50H,4,7-8,11-14,17-19,21H2,1-2H3,(H,40,51)(H,41,48)(H,52,53)/t28?,29-,31-,33-,34?,38-/m1/s1. The highest BCUT2D eigenvalue weighted by Gasteiger charge is 2.56. The number of aliphatic carboxylic acids is 1. The average Bonchev–Trinajstić information content (AvgIpc) is 3.64. The van der Waals surface area contributed by atoms with Crippen LogP contribution in [0.2, 0.25) is 0 Å². The van der Waals surface area contributed by atoms with Gasteiger partial charge in [-0.25, -0.2) is 9.48 Å². The van der Waals surface area contributed by atoms with Gasteiger partial charge in [0.15, 0.2) is 0 Å². The van der Waals surface area contributed by atoms with Gasteiger partial charge in [0.05, 0.1) is 30.6 Å². The highest BCUT2D eigenvalue weighted by molar-refractivity contribution is 14.1. The summed E-state index contributed by atoms with van der Waals surface area (Å²) < 4.78 is 12.7. The maximum atomic E-state index is 13.4. The molecule has 0 bridgehead atoms. The molecule has 56 heavy (non-hydrogen) atoms. The van der Waals surface area contributed by atoms with Crippen molar-refractivity contribution in [1.29, 1.82) is 0 Å². The second-order valence-corrected chi connectivity index (χ2v) is 15.3. The summed E-state index contributed by atoms with van der Waals surface area (Å²) in [5, 5.41) is 68.0. The number of amides is 3. The fourth-order valence-corrected chi connectivity index (χ4v) is 7.56. The normalized spacial score (nSPS) is 22.5. The third kappa shape index (κ3) is 10.8. The van der Waals surface area contributed by atoms with E-state index in [-0.39, 0.29) is 47.4 Å². The molecule has 1 saturated heterocycles. The molecule has 18 heteroatoms. The SMILES string of the molecule is Cc1cc(C(=O)NC[C@@H](O)[C@@H](O)C2O[C@@](OCCN(Cc3ccccc3)C(=O)I)(C(=O)O)CC(O)[C@H]2NC(=O)Cn2cc(C3CCCCC3)nn2)cc(C)c1O. The van der Waals surface area contributed by atoms with Crippen LogP contribution < -0.4 is 10.6 Å². The molecule has 3 aromatic rings. The van der Waals surface area contributed by atoms with Gasteiger partial charge in [-0.3, -0.25) is 14.4 Å². The summed E-state index contributed by atoms with van der Waals surface area (Å²) in [7, 11) is 0. The van der Waals surface area contributed by atoms with E-state index in [4.69, 9.17) is 9.47 Å². The number of hydrogen-bond acceptors (Lipinski definition) is 12. The molecule has 2 aromatic carbocycles. The molecule has 7 N–H and O–H groups in total. The topological polar surface area (TPSA) is 246 Å². The van der Waals surface area contributed by atoms with Crippen LogP contribution in [-0.2, 0) is 32.2 Å². The van der Waals surface area contributed by atoms with Gasteiger partial charge in [0, 0.05) is 66.3 Å². The summed E-state index contributed by atoms with van der Waals surface area (Å²) in [6, 6.07) is 10.5. The number of carbonyl (C=O) groups is 4. The van der Waals surface area contributed by atoms with E-state index in [0.29, 0.717) is 11.1 Å². The molecule has 1 aliphatic carbocycles. The molecule has 2 aliphatic rings. The number of hydrogen-bond donors (Lipinski definition) is 7. The third-order valence-electron chi connectivity index (χ3n) is 10.2. The number of phenols is 1. The predicted molar refractivity (Wildman–Crippen MR) is 208 cm³/mol. The number of phenolic OH excluding ortho intramolecular Hbond substituents is 1. The molecule has 0 spiro atoms. The molecular formula is C38H49IN6O11. The van der Waals surface area contributed by atoms with Crippen molar-refractivity contribution in [1.82, 2.24) is 30.5 Å². The fraction of sp³-hybridized carbons (Fsp3) is 0.526. The lowest BCUT2D eigenvalue weighted by Crippen LogP contribution is -2.68. The Balaban J connectivity index is 1.32. The lowest BCUT2D eigenvalue weighted by atomic mass is 9.87. The number of carbonyl (C=O) groups excluding carboxylic acids is 3. The molecule has 1 aromatic heterocycles. The molecule has 304 valence electrons. The predicted octanol–water partition coefficient (Wildman–Crippen LogP) is 2.29. The Morgan fingerprint density at radius 3 is 2.41 bits per heavy atom. The third-order valence-corrected chi connectivity index (χ3v) is 10.9. The summed E-state index contributed by atoms with van der Waals surface area (Å²) in [5.74, 6) is -5.28. The molecule has 5 rings (SSSR count). The molecular weight excluding hydrogens is 843 g/mol. The number of carboxylic acids is 1. The summed E-state index contributed by atoms with van der Waals surface area (Å²) in [4.78, 5) is 53.1. The maximum Gasteiger partial charge on any atom is 0.364 e. The Hall–Kier alpha value is -4.21. The zero-order valence-corrected chi connectivity index (χ0v) is 33.4. The van der Waals surface area contributed by atoms with E-state index >= 15 is 0 Å². The number of carboxylic acid groups (broad SMARTS) is 1. The van der Waals surface area contributed by atoms with E-state index in [1.54, 1.807) is 42.6 Å². The van der Waals surface area contributed by atoms with Crippen LogP contribution in [0.5, 0.6) is 5.75 Å². The number of ether oxygens (including phenoxy) is 2. The lowest BCUT2D eigenvalue weighted by molar-refractivity contribution is -0.310. The molecule has 6 atom stereocenters. The van der Waals surface area contributed by atoms with Crippen LogP contribution in [0.1, 0.15) is 77.2 Å². The highest BCUT2D eigenvalue weighted by atomic mass is 127. The van der Waals surface area contributed by atoms with Gasteiger partial charge in [0.1, 0.15) is 24.5 Å². The van der Waals surface area contributed by atoms with Crippen LogP contribution in [0.15, 0.2) is 48.7 Å². The molecule has 0 radical (unpaired) electrons. The van der Waals surface area contributed by atoms with Gasteiger partial charge in [0.2, 0.25) is 5.91 Å². The Bertz CT molecular complexity index is 1820. The number of aromatic hydroxyl groups is 1. The van der Waals surface area contributed by atoms with Gasteiger partial charge in [0.25, 0.3) is 15.6 Å². The monoisotopic (exact) mass is 892 g/mol. The summed E-state index contributed by atoms with van der Waals surface area (Å²) in [6.45, 7) is 2.15. The van der Waals surface area contributed by atoms with Gasteiger partial charge in [-0.05, 0) is 55.5 Å². The number of aliphatic hydroxyl groups is 3. The van der Waals surface area contributed by atoms with Crippen molar-refractivity contribution >= 4 is 44.3 Å². The number of aliphatic hydroxyl groups excluding tert-OH is 3. The average molecular weight is 893 g/mol. The molecule has 1 saturated carbocycles. The van der Waals surface area contributed by atoms with Crippen molar-refractivity contribution in [2.24, 2.45) is 0 Å². The zero-order chi connectivity index (χ0) is 40.6.